The molecule has 2 N–H and O–H groups in total. The lowest BCUT2D eigenvalue weighted by Gasteiger charge is -2.37. The van der Waals surface area contributed by atoms with Crippen molar-refractivity contribution in [1.29, 1.82) is 0 Å². The van der Waals surface area contributed by atoms with Crippen molar-refractivity contribution in [2.24, 2.45) is 17.6 Å². The maximum atomic E-state index is 12.1. The number of nitrogens with two attached hydrogens (primary N) is 1. The average Bonchev–Trinajstić information content (AvgIpc) is 2.27. The number of carbonyl (C=O) groups excluding carboxylic acids is 1. The Morgan fingerprint density at radius 1 is 1.50 bits per heavy atom. The molecule has 1 fully saturated rings. The minimum absolute atomic E-state index is 0.0900. The third-order valence-electron chi connectivity index (χ3n) is 3.68. The highest BCUT2D eigenvalue weighted by atomic mass is 16.5. The molecule has 16 heavy (non-hydrogen) atoms. The monoisotopic (exact) mass is 228 g/mol. The maximum Gasteiger partial charge on any atom is 0.227 e. The second-order valence-corrected chi connectivity index (χ2v) is 4.97. The quantitative estimate of drug-likeness (QED) is 0.779. The Hall–Kier alpha value is -0.610. The molecule has 4 atom stereocenters. The molecule has 1 aliphatic rings. The molecule has 1 amide bonds. The number of piperidine rings is 1. The van der Waals surface area contributed by atoms with Crippen LogP contribution >= 0.6 is 0 Å². The summed E-state index contributed by atoms with van der Waals surface area (Å²) in [6.45, 7) is 7.48. The van der Waals surface area contributed by atoms with E-state index >= 15 is 0 Å². The smallest absolute Gasteiger partial charge is 0.227 e. The van der Waals surface area contributed by atoms with Crippen molar-refractivity contribution in [3.63, 3.8) is 0 Å². The van der Waals surface area contributed by atoms with Gasteiger partial charge in [-0.2, -0.15) is 0 Å². The van der Waals surface area contributed by atoms with Crippen molar-refractivity contribution in [3.8, 4) is 0 Å². The Morgan fingerprint density at radius 3 is 2.62 bits per heavy atom. The molecule has 0 aliphatic carbocycles. The Bertz CT molecular complexity index is 243. The van der Waals surface area contributed by atoms with Crippen molar-refractivity contribution in [3.05, 3.63) is 0 Å². The van der Waals surface area contributed by atoms with E-state index in [1.807, 2.05) is 18.7 Å². The van der Waals surface area contributed by atoms with Crippen LogP contribution in [-0.2, 0) is 9.53 Å². The van der Waals surface area contributed by atoms with E-state index in [1.165, 1.54) is 0 Å². The zero-order chi connectivity index (χ0) is 12.3. The van der Waals surface area contributed by atoms with Crippen LogP contribution < -0.4 is 5.73 Å². The van der Waals surface area contributed by atoms with Crippen LogP contribution in [0.1, 0.15) is 27.2 Å². The highest BCUT2D eigenvalue weighted by molar-refractivity contribution is 5.79. The lowest BCUT2D eigenvalue weighted by atomic mass is 9.94. The number of carbonyl (C=O) groups is 1. The number of rotatable bonds is 3. The zero-order valence-corrected chi connectivity index (χ0v) is 10.8. The van der Waals surface area contributed by atoms with Crippen LogP contribution in [0.2, 0.25) is 0 Å². The third kappa shape index (κ3) is 2.95. The number of hydrogen-bond acceptors (Lipinski definition) is 3. The van der Waals surface area contributed by atoms with E-state index in [0.717, 1.165) is 13.0 Å². The van der Waals surface area contributed by atoms with E-state index < -0.39 is 0 Å². The van der Waals surface area contributed by atoms with Gasteiger partial charge in [-0.15, -0.1) is 0 Å². The van der Waals surface area contributed by atoms with Gasteiger partial charge in [0.05, 0.1) is 12.0 Å². The van der Waals surface area contributed by atoms with Crippen molar-refractivity contribution < 1.29 is 9.53 Å². The molecule has 0 aromatic heterocycles. The lowest BCUT2D eigenvalue weighted by molar-refractivity contribution is -0.140. The van der Waals surface area contributed by atoms with Gasteiger partial charge in [0.1, 0.15) is 0 Å². The summed E-state index contributed by atoms with van der Waals surface area (Å²) in [5, 5.41) is 0. The molecule has 0 saturated carbocycles. The molecule has 0 radical (unpaired) electrons. The summed E-state index contributed by atoms with van der Waals surface area (Å²) in [6.07, 6.45) is 1.17. The molecule has 4 heteroatoms. The third-order valence-corrected chi connectivity index (χ3v) is 3.68. The Morgan fingerprint density at radius 2 is 2.12 bits per heavy atom. The molecule has 1 saturated heterocycles. The minimum Gasteiger partial charge on any atom is -0.379 e. The van der Waals surface area contributed by atoms with Gasteiger partial charge in [-0.1, -0.05) is 13.8 Å². The Labute approximate surface area is 98.1 Å². The number of methoxy groups -OCH3 is 1. The van der Waals surface area contributed by atoms with Crippen LogP contribution in [0.25, 0.3) is 0 Å². The van der Waals surface area contributed by atoms with Crippen LogP contribution in [0, 0.1) is 11.8 Å². The highest BCUT2D eigenvalue weighted by Crippen LogP contribution is 2.21. The average molecular weight is 228 g/mol. The van der Waals surface area contributed by atoms with Crippen LogP contribution in [0.5, 0.6) is 0 Å². The van der Waals surface area contributed by atoms with Gasteiger partial charge >= 0.3 is 0 Å². The predicted octanol–water partition coefficient (Wildman–Crippen LogP) is 0.853. The summed E-state index contributed by atoms with van der Waals surface area (Å²) in [5.41, 5.74) is 5.76. The molecule has 0 aromatic rings. The van der Waals surface area contributed by atoms with Gasteiger partial charge in [0.25, 0.3) is 0 Å². The molecule has 0 aromatic carbocycles. The summed E-state index contributed by atoms with van der Waals surface area (Å²) in [6, 6.07) is -0.0900. The van der Waals surface area contributed by atoms with E-state index in [4.69, 9.17) is 10.5 Å². The molecule has 1 heterocycles. The van der Waals surface area contributed by atoms with Gasteiger partial charge in [-0.05, 0) is 19.3 Å². The Kier molecular flexibility index (Phi) is 4.74. The summed E-state index contributed by atoms with van der Waals surface area (Å²) >= 11 is 0. The van der Waals surface area contributed by atoms with Gasteiger partial charge in [-0.25, -0.2) is 0 Å². The molecule has 0 spiro atoms. The number of likely N-dealkylation sites (tertiary alicyclic amines) is 1. The lowest BCUT2D eigenvalue weighted by Crippen LogP contribution is -2.50. The number of ether oxygens (including phenoxy) is 1. The van der Waals surface area contributed by atoms with E-state index in [-0.39, 0.29) is 24.0 Å². The summed E-state index contributed by atoms with van der Waals surface area (Å²) < 4.78 is 5.40. The summed E-state index contributed by atoms with van der Waals surface area (Å²) in [7, 11) is 1.71. The topological polar surface area (TPSA) is 55.6 Å². The van der Waals surface area contributed by atoms with Gasteiger partial charge < -0.3 is 15.4 Å². The van der Waals surface area contributed by atoms with Crippen LogP contribution in [0.3, 0.4) is 0 Å². The van der Waals surface area contributed by atoms with Crippen LogP contribution in [-0.4, -0.2) is 43.2 Å². The first-order valence-corrected chi connectivity index (χ1v) is 6.04. The van der Waals surface area contributed by atoms with Crippen molar-refractivity contribution in [1.82, 2.24) is 4.90 Å². The summed E-state index contributed by atoms with van der Waals surface area (Å²) in [5.74, 6) is 0.578. The number of nitrogens with zero attached hydrogens (tertiary/aromatic N) is 1. The number of hydrogen-bond donors (Lipinski definition) is 1. The maximum absolute atomic E-state index is 12.1. The van der Waals surface area contributed by atoms with Gasteiger partial charge in [0, 0.05) is 26.2 Å². The second kappa shape index (κ2) is 5.64. The second-order valence-electron chi connectivity index (χ2n) is 4.97. The van der Waals surface area contributed by atoms with Gasteiger partial charge in [0.2, 0.25) is 5.91 Å². The molecular formula is C12H24N2O2. The minimum atomic E-state index is -0.106. The van der Waals surface area contributed by atoms with Crippen molar-refractivity contribution in [2.75, 3.05) is 20.2 Å². The zero-order valence-electron chi connectivity index (χ0n) is 10.8. The molecule has 4 unspecified atom stereocenters. The standard InChI is InChI=1S/C12H24N2O2/c1-8-5-6-14(7-11(8)16-4)12(15)9(2)10(3)13/h8-11H,5-7,13H2,1-4H3. The fraction of sp³-hybridized carbons (Fsp3) is 0.917. The van der Waals surface area contributed by atoms with Crippen molar-refractivity contribution >= 4 is 5.91 Å². The Balaban J connectivity index is 2.58. The largest absolute Gasteiger partial charge is 0.379 e. The van der Waals surface area contributed by atoms with Crippen LogP contribution in [0.4, 0.5) is 0 Å². The summed E-state index contributed by atoms with van der Waals surface area (Å²) in [4.78, 5) is 14.0. The molecule has 1 rings (SSSR count). The van der Waals surface area contributed by atoms with Gasteiger partial charge in [-0.3, -0.25) is 4.79 Å². The highest BCUT2D eigenvalue weighted by Gasteiger charge is 2.31. The predicted molar refractivity (Wildman–Crippen MR) is 64.0 cm³/mol. The molecule has 0 bridgehead atoms. The van der Waals surface area contributed by atoms with E-state index in [2.05, 4.69) is 6.92 Å². The van der Waals surface area contributed by atoms with E-state index in [1.54, 1.807) is 7.11 Å². The SMILES string of the molecule is COC1CN(C(=O)C(C)C(C)N)CCC1C. The normalized spacial score (nSPS) is 29.9. The van der Waals surface area contributed by atoms with Crippen molar-refractivity contribution in [2.45, 2.75) is 39.3 Å². The molecule has 94 valence electrons. The van der Waals surface area contributed by atoms with Crippen LogP contribution in [0.15, 0.2) is 0 Å². The fourth-order valence-electron chi connectivity index (χ4n) is 2.05. The molecular weight excluding hydrogens is 204 g/mol. The molecule has 1 aliphatic heterocycles. The number of amides is 1. The first-order valence-electron chi connectivity index (χ1n) is 6.04. The van der Waals surface area contributed by atoms with Gasteiger partial charge in [0.15, 0.2) is 0 Å². The fourth-order valence-corrected chi connectivity index (χ4v) is 2.05. The first-order chi connectivity index (χ1) is 7.47. The van der Waals surface area contributed by atoms with E-state index in [9.17, 15) is 4.79 Å². The first kappa shape index (κ1) is 13.5. The molecule has 4 nitrogen and oxygen atoms in total. The van der Waals surface area contributed by atoms with E-state index in [0.29, 0.717) is 12.5 Å².